The van der Waals surface area contributed by atoms with E-state index in [1.54, 1.807) is 0 Å². The lowest BCUT2D eigenvalue weighted by molar-refractivity contribution is -0.120. The number of hydrogen-bond donors (Lipinski definition) is 2. The van der Waals surface area contributed by atoms with Gasteiger partial charge >= 0.3 is 5.69 Å². The standard InChI is InChI=1S/C24H25N5O3/c1-14-9-17(29-23(32)28(25)21(30)13-26-29)10-15(2)18(14)11-16-5-6-20-19(12-16)24(22(31)27-20)7-3-4-8-24/h5-6,9-10,12-13H,3-4,7-8,11,25H2,1-2H3,(H,27,31). The largest absolute Gasteiger partial charge is 0.370 e. The van der Waals surface area contributed by atoms with Crippen molar-refractivity contribution in [1.29, 1.82) is 0 Å². The number of nitrogen functional groups attached to an aromatic ring is 1. The molecule has 8 heteroatoms. The highest BCUT2D eigenvalue weighted by Crippen LogP contribution is 2.49. The van der Waals surface area contributed by atoms with Crippen LogP contribution in [-0.2, 0) is 16.6 Å². The van der Waals surface area contributed by atoms with Gasteiger partial charge in [-0.05, 0) is 79.1 Å². The van der Waals surface area contributed by atoms with E-state index in [0.29, 0.717) is 16.8 Å². The zero-order chi connectivity index (χ0) is 22.6. The first-order chi connectivity index (χ1) is 15.3. The van der Waals surface area contributed by atoms with Gasteiger partial charge in [0.05, 0.1) is 11.1 Å². The summed E-state index contributed by atoms with van der Waals surface area (Å²) in [6.45, 7) is 3.98. The molecule has 0 bridgehead atoms. The zero-order valence-corrected chi connectivity index (χ0v) is 18.1. The first-order valence-corrected chi connectivity index (χ1v) is 10.8. The van der Waals surface area contributed by atoms with Gasteiger partial charge in [-0.2, -0.15) is 14.5 Å². The number of carbonyl (C=O) groups excluding carboxylic acids is 1. The minimum atomic E-state index is -0.693. The Morgan fingerprint density at radius 2 is 1.75 bits per heavy atom. The van der Waals surface area contributed by atoms with Crippen LogP contribution < -0.4 is 22.4 Å². The molecular weight excluding hydrogens is 406 g/mol. The molecular formula is C24H25N5O3. The molecule has 0 atom stereocenters. The topological polar surface area (TPSA) is 112 Å². The second-order valence-electron chi connectivity index (χ2n) is 8.91. The highest BCUT2D eigenvalue weighted by molar-refractivity contribution is 6.06. The summed E-state index contributed by atoms with van der Waals surface area (Å²) < 4.78 is 1.67. The average molecular weight is 431 g/mol. The summed E-state index contributed by atoms with van der Waals surface area (Å²) in [5, 5.41) is 7.01. The van der Waals surface area contributed by atoms with Gasteiger partial charge < -0.3 is 11.2 Å². The minimum Gasteiger partial charge on any atom is -0.332 e. The number of anilines is 1. The van der Waals surface area contributed by atoms with Crippen molar-refractivity contribution in [2.45, 2.75) is 51.4 Å². The van der Waals surface area contributed by atoms with Crippen molar-refractivity contribution >= 4 is 11.6 Å². The molecule has 1 aliphatic carbocycles. The molecule has 1 spiro atoms. The Morgan fingerprint density at radius 3 is 2.44 bits per heavy atom. The molecule has 5 rings (SSSR count). The summed E-state index contributed by atoms with van der Waals surface area (Å²) in [5.74, 6) is 5.67. The molecule has 1 saturated carbocycles. The van der Waals surface area contributed by atoms with Crippen LogP contribution in [0.3, 0.4) is 0 Å². The van der Waals surface area contributed by atoms with E-state index in [4.69, 9.17) is 5.84 Å². The normalized spacial score (nSPS) is 16.4. The maximum absolute atomic E-state index is 12.7. The molecule has 3 aromatic rings. The van der Waals surface area contributed by atoms with Gasteiger partial charge in [-0.3, -0.25) is 9.59 Å². The number of aromatic nitrogens is 3. The maximum Gasteiger partial charge on any atom is 0.370 e. The first kappa shape index (κ1) is 20.2. The lowest BCUT2D eigenvalue weighted by atomic mass is 9.79. The Balaban J connectivity index is 1.51. The van der Waals surface area contributed by atoms with Crippen molar-refractivity contribution in [1.82, 2.24) is 14.5 Å². The predicted octanol–water partition coefficient (Wildman–Crippen LogP) is 2.08. The van der Waals surface area contributed by atoms with E-state index in [1.165, 1.54) is 0 Å². The second-order valence-corrected chi connectivity index (χ2v) is 8.91. The lowest BCUT2D eigenvalue weighted by Crippen LogP contribution is -2.44. The summed E-state index contributed by atoms with van der Waals surface area (Å²) in [4.78, 5) is 36.6. The third kappa shape index (κ3) is 2.97. The van der Waals surface area contributed by atoms with Gasteiger partial charge in [0.15, 0.2) is 0 Å². The van der Waals surface area contributed by atoms with Crippen LogP contribution in [0.25, 0.3) is 5.69 Å². The average Bonchev–Trinajstić information content (AvgIpc) is 3.36. The molecule has 2 heterocycles. The van der Waals surface area contributed by atoms with Gasteiger partial charge in [0.25, 0.3) is 5.56 Å². The molecule has 2 aliphatic rings. The van der Waals surface area contributed by atoms with E-state index in [1.807, 2.05) is 32.0 Å². The van der Waals surface area contributed by atoms with Gasteiger partial charge in [-0.15, -0.1) is 0 Å². The molecule has 1 amide bonds. The number of aryl methyl sites for hydroxylation is 2. The Morgan fingerprint density at radius 1 is 1.06 bits per heavy atom. The minimum absolute atomic E-state index is 0.137. The van der Waals surface area contributed by atoms with Crippen LogP contribution in [0.4, 0.5) is 5.69 Å². The Bertz CT molecular complexity index is 1360. The summed E-state index contributed by atoms with van der Waals surface area (Å²) >= 11 is 0. The molecule has 1 aliphatic heterocycles. The van der Waals surface area contributed by atoms with E-state index in [0.717, 1.165) is 70.1 Å². The summed E-state index contributed by atoms with van der Waals surface area (Å²) in [6, 6.07) is 10.0. The third-order valence-corrected chi connectivity index (χ3v) is 6.95. The van der Waals surface area contributed by atoms with Crippen molar-refractivity contribution < 1.29 is 4.79 Å². The number of fused-ring (bicyclic) bond motifs is 2. The molecule has 0 radical (unpaired) electrons. The van der Waals surface area contributed by atoms with Crippen molar-refractivity contribution in [2.75, 3.05) is 11.2 Å². The number of nitrogens with one attached hydrogen (secondary N) is 1. The van der Waals surface area contributed by atoms with Crippen LogP contribution in [0.15, 0.2) is 46.1 Å². The lowest BCUT2D eigenvalue weighted by Gasteiger charge is -2.21. The van der Waals surface area contributed by atoms with E-state index < -0.39 is 11.2 Å². The second kappa shape index (κ2) is 7.19. The van der Waals surface area contributed by atoms with Crippen LogP contribution >= 0.6 is 0 Å². The van der Waals surface area contributed by atoms with Crippen LogP contribution in [0.1, 0.15) is 53.5 Å². The molecule has 2 aromatic carbocycles. The number of nitrogens with two attached hydrogens (primary N) is 1. The quantitative estimate of drug-likeness (QED) is 0.617. The van der Waals surface area contributed by atoms with E-state index >= 15 is 0 Å². The third-order valence-electron chi connectivity index (χ3n) is 6.95. The van der Waals surface area contributed by atoms with Crippen LogP contribution in [0.5, 0.6) is 0 Å². The van der Waals surface area contributed by atoms with Crippen molar-refractivity contribution in [3.63, 3.8) is 0 Å². The van der Waals surface area contributed by atoms with Crippen LogP contribution in [-0.4, -0.2) is 20.4 Å². The SMILES string of the molecule is Cc1cc(-n2ncc(=O)n(N)c2=O)cc(C)c1Cc1ccc2c(c1)C1(CCCC1)C(=O)N2. The number of amides is 1. The van der Waals surface area contributed by atoms with Gasteiger partial charge in [0.1, 0.15) is 6.20 Å². The monoisotopic (exact) mass is 431 g/mol. The fraction of sp³-hybridized carbons (Fsp3) is 0.333. The molecule has 0 unspecified atom stereocenters. The van der Waals surface area contributed by atoms with E-state index in [2.05, 4.69) is 22.5 Å². The summed E-state index contributed by atoms with van der Waals surface area (Å²) in [7, 11) is 0. The molecule has 164 valence electrons. The highest BCUT2D eigenvalue weighted by Gasteiger charge is 2.48. The van der Waals surface area contributed by atoms with Crippen LogP contribution in [0.2, 0.25) is 0 Å². The van der Waals surface area contributed by atoms with Gasteiger partial charge in [0, 0.05) is 5.69 Å². The maximum atomic E-state index is 12.7. The molecule has 0 saturated heterocycles. The number of carbonyl (C=O) groups is 1. The van der Waals surface area contributed by atoms with E-state index in [9.17, 15) is 14.4 Å². The molecule has 1 aromatic heterocycles. The fourth-order valence-electron chi connectivity index (χ4n) is 5.21. The number of benzene rings is 2. The molecule has 32 heavy (non-hydrogen) atoms. The smallest absolute Gasteiger partial charge is 0.332 e. The predicted molar refractivity (Wildman–Crippen MR) is 122 cm³/mol. The summed E-state index contributed by atoms with van der Waals surface area (Å²) in [5.41, 5.74) is 5.23. The fourth-order valence-corrected chi connectivity index (χ4v) is 5.21. The van der Waals surface area contributed by atoms with E-state index in [-0.39, 0.29) is 11.3 Å². The van der Waals surface area contributed by atoms with Crippen molar-refractivity contribution in [3.05, 3.63) is 85.2 Å². The Labute approximate surface area is 184 Å². The number of nitrogens with zero attached hydrogens (tertiary/aromatic N) is 3. The van der Waals surface area contributed by atoms with Crippen molar-refractivity contribution in [2.24, 2.45) is 0 Å². The first-order valence-electron chi connectivity index (χ1n) is 10.8. The van der Waals surface area contributed by atoms with Gasteiger partial charge in [-0.1, -0.05) is 25.0 Å². The van der Waals surface area contributed by atoms with Crippen LogP contribution in [0, 0.1) is 13.8 Å². The zero-order valence-electron chi connectivity index (χ0n) is 18.1. The number of hydrogen-bond acceptors (Lipinski definition) is 5. The summed E-state index contributed by atoms with van der Waals surface area (Å²) in [6.07, 6.45) is 5.73. The number of rotatable bonds is 3. The van der Waals surface area contributed by atoms with Gasteiger partial charge in [0.2, 0.25) is 5.91 Å². The van der Waals surface area contributed by atoms with Crippen molar-refractivity contribution in [3.8, 4) is 5.69 Å². The molecule has 8 nitrogen and oxygen atoms in total. The molecule has 3 N–H and O–H groups in total. The Hall–Kier alpha value is -3.68. The van der Waals surface area contributed by atoms with Gasteiger partial charge in [-0.25, -0.2) is 4.79 Å². The molecule has 1 fully saturated rings. The Kier molecular flexibility index (Phi) is 4.54. The highest BCUT2D eigenvalue weighted by atomic mass is 16.2.